The third-order valence-electron chi connectivity index (χ3n) is 11.5. The van der Waals surface area contributed by atoms with Crippen LogP contribution in [0.5, 0.6) is 0 Å². The first-order valence-electron chi connectivity index (χ1n) is 23.6. The molecule has 0 aliphatic carbocycles. The van der Waals surface area contributed by atoms with Gasteiger partial charge >= 0.3 is 51.4 Å². The van der Waals surface area contributed by atoms with E-state index < -0.39 is 10.1 Å². The first-order valence-corrected chi connectivity index (χ1v) is 25.0. The van der Waals surface area contributed by atoms with E-state index in [0.717, 1.165) is 18.4 Å². The fourth-order valence-electron chi connectivity index (χ4n) is 7.98. The standard InChI is InChI=1S/C48H90O3S.K/c1-2-3-4-5-6-7-8-9-10-11-12-13-14-15-16-17-18-19-20-21-22-23-24-25-26-27-28-29-30-31-32-33-34-35-36-37-38-39-40-41-43-47-44-42-45-48(46-47)52(49,50)51;/h42,44-46H,2-41,43H2,1H3,(H,49,50,51);/q;+1/p-1. The Labute approximate surface area is 375 Å². The van der Waals surface area contributed by atoms with Crippen molar-refractivity contribution in [3.8, 4) is 0 Å². The molecule has 5 heteroatoms. The van der Waals surface area contributed by atoms with Gasteiger partial charge < -0.3 is 4.55 Å². The molecule has 0 spiro atoms. The van der Waals surface area contributed by atoms with Gasteiger partial charge in [-0.3, -0.25) is 0 Å². The van der Waals surface area contributed by atoms with E-state index >= 15 is 0 Å². The number of hydrogen-bond acceptors (Lipinski definition) is 3. The molecular weight excluding hydrogens is 696 g/mol. The zero-order valence-corrected chi connectivity index (χ0v) is 39.9. The molecule has 0 heterocycles. The maximum atomic E-state index is 11.2. The molecule has 3 nitrogen and oxygen atoms in total. The number of unbranched alkanes of at least 4 members (excludes halogenated alkanes) is 39. The Morgan fingerprint density at radius 1 is 0.377 bits per heavy atom. The van der Waals surface area contributed by atoms with E-state index in [1.807, 2.05) is 6.07 Å². The van der Waals surface area contributed by atoms with Crippen molar-refractivity contribution in [2.45, 2.75) is 275 Å². The maximum absolute atomic E-state index is 11.2. The van der Waals surface area contributed by atoms with E-state index in [2.05, 4.69) is 6.92 Å². The van der Waals surface area contributed by atoms with Crippen LogP contribution in [0.15, 0.2) is 29.2 Å². The summed E-state index contributed by atoms with van der Waals surface area (Å²) < 4.78 is 33.5. The van der Waals surface area contributed by atoms with Crippen LogP contribution in [0.3, 0.4) is 0 Å². The minimum absolute atomic E-state index is 0. The summed E-state index contributed by atoms with van der Waals surface area (Å²) in [6.45, 7) is 2.30. The predicted octanol–water partition coefficient (Wildman–Crippen LogP) is 13.8. The molecule has 1 rings (SSSR count). The molecule has 0 amide bonds. The van der Waals surface area contributed by atoms with Crippen LogP contribution in [0.2, 0.25) is 0 Å². The minimum atomic E-state index is -4.35. The number of benzene rings is 1. The summed E-state index contributed by atoms with van der Waals surface area (Å²) in [6, 6.07) is 6.51. The average molecular weight is 785 g/mol. The molecule has 0 saturated heterocycles. The third kappa shape index (κ3) is 39.4. The Morgan fingerprint density at radius 2 is 0.604 bits per heavy atom. The second kappa shape index (κ2) is 42.4. The molecule has 0 radical (unpaired) electrons. The van der Waals surface area contributed by atoms with Crippen molar-refractivity contribution >= 4 is 10.1 Å². The number of aryl methyl sites for hydroxylation is 1. The second-order valence-electron chi connectivity index (χ2n) is 16.6. The van der Waals surface area contributed by atoms with Crippen LogP contribution in [0.4, 0.5) is 0 Å². The maximum Gasteiger partial charge on any atom is 1.00 e. The first kappa shape index (κ1) is 53.8. The van der Waals surface area contributed by atoms with Gasteiger partial charge in [-0.25, -0.2) is 8.42 Å². The molecule has 0 bridgehead atoms. The van der Waals surface area contributed by atoms with Gasteiger partial charge in [-0.1, -0.05) is 269 Å². The number of hydrogen-bond donors (Lipinski definition) is 0. The van der Waals surface area contributed by atoms with E-state index in [-0.39, 0.29) is 56.3 Å². The number of rotatable bonds is 42. The zero-order valence-electron chi connectivity index (χ0n) is 35.9. The van der Waals surface area contributed by atoms with Crippen LogP contribution in [-0.4, -0.2) is 13.0 Å². The summed E-state index contributed by atoms with van der Waals surface area (Å²) in [5.41, 5.74) is 0.952. The Balaban J connectivity index is 0.0000270. The summed E-state index contributed by atoms with van der Waals surface area (Å²) in [5.74, 6) is 0. The van der Waals surface area contributed by atoms with Crippen LogP contribution in [-0.2, 0) is 16.5 Å². The molecule has 1 aromatic rings. The molecule has 0 aliphatic heterocycles. The van der Waals surface area contributed by atoms with E-state index in [1.165, 1.54) is 263 Å². The molecule has 1 aromatic carbocycles. The Bertz CT molecular complexity index is 965. The monoisotopic (exact) mass is 785 g/mol. The molecule has 306 valence electrons. The van der Waals surface area contributed by atoms with Crippen LogP contribution in [0.25, 0.3) is 0 Å². The van der Waals surface area contributed by atoms with Crippen LogP contribution in [0, 0.1) is 0 Å². The van der Waals surface area contributed by atoms with E-state index in [4.69, 9.17) is 0 Å². The minimum Gasteiger partial charge on any atom is -0.744 e. The summed E-state index contributed by atoms with van der Waals surface area (Å²) in [4.78, 5) is -0.105. The average Bonchev–Trinajstić information content (AvgIpc) is 3.14. The van der Waals surface area contributed by atoms with Crippen molar-refractivity contribution in [3.63, 3.8) is 0 Å². The third-order valence-corrected chi connectivity index (χ3v) is 12.3. The summed E-state index contributed by atoms with van der Waals surface area (Å²) in [5, 5.41) is 0. The van der Waals surface area contributed by atoms with E-state index in [1.54, 1.807) is 6.07 Å². The fourth-order valence-corrected chi connectivity index (χ4v) is 8.52. The normalized spacial score (nSPS) is 11.7. The van der Waals surface area contributed by atoms with Gasteiger partial charge in [-0.2, -0.15) is 0 Å². The van der Waals surface area contributed by atoms with Gasteiger partial charge in [0.05, 0.1) is 4.90 Å². The Hall–Kier alpha value is 0.766. The van der Waals surface area contributed by atoms with Crippen molar-refractivity contribution in [3.05, 3.63) is 29.8 Å². The topological polar surface area (TPSA) is 57.2 Å². The van der Waals surface area contributed by atoms with Gasteiger partial charge in [0.15, 0.2) is 0 Å². The van der Waals surface area contributed by atoms with E-state index in [0.29, 0.717) is 0 Å². The zero-order chi connectivity index (χ0) is 37.5. The van der Waals surface area contributed by atoms with Crippen molar-refractivity contribution in [2.75, 3.05) is 0 Å². The van der Waals surface area contributed by atoms with Gasteiger partial charge in [0.2, 0.25) is 0 Å². The molecule has 0 N–H and O–H groups in total. The quantitative estimate of drug-likeness (QED) is 0.0377. The van der Waals surface area contributed by atoms with Gasteiger partial charge in [0.1, 0.15) is 10.1 Å². The molecule has 0 fully saturated rings. The second-order valence-corrected chi connectivity index (χ2v) is 18.0. The molecule has 53 heavy (non-hydrogen) atoms. The van der Waals surface area contributed by atoms with Crippen molar-refractivity contribution in [2.24, 2.45) is 0 Å². The van der Waals surface area contributed by atoms with Crippen molar-refractivity contribution in [1.82, 2.24) is 0 Å². The molecule has 0 aliphatic rings. The van der Waals surface area contributed by atoms with E-state index in [9.17, 15) is 13.0 Å². The first-order chi connectivity index (χ1) is 25.5. The van der Waals surface area contributed by atoms with Crippen LogP contribution >= 0.6 is 0 Å². The largest absolute Gasteiger partial charge is 1.00 e. The SMILES string of the molecule is CCCCCCCCCCCCCCCCCCCCCCCCCCCCCCCCCCCCCCCCCCc1cccc(S(=O)(=O)[O-])c1.[K+]. The molecule has 0 aromatic heterocycles. The summed E-state index contributed by atoms with van der Waals surface area (Å²) >= 11 is 0. The molecule has 0 unspecified atom stereocenters. The van der Waals surface area contributed by atoms with Gasteiger partial charge in [-0.05, 0) is 30.5 Å². The molecule has 0 atom stereocenters. The molecular formula is C48H89KO3S. The molecule has 0 saturated carbocycles. The smallest absolute Gasteiger partial charge is 0.744 e. The van der Waals surface area contributed by atoms with Crippen molar-refractivity contribution < 1.29 is 64.4 Å². The van der Waals surface area contributed by atoms with Gasteiger partial charge in [0.25, 0.3) is 0 Å². The predicted molar refractivity (Wildman–Crippen MR) is 228 cm³/mol. The van der Waals surface area contributed by atoms with Gasteiger partial charge in [-0.15, -0.1) is 0 Å². The Kier molecular flexibility index (Phi) is 43.0. The van der Waals surface area contributed by atoms with Crippen molar-refractivity contribution in [1.29, 1.82) is 0 Å². The van der Waals surface area contributed by atoms with Crippen LogP contribution in [0.1, 0.15) is 269 Å². The van der Waals surface area contributed by atoms with Crippen LogP contribution < -0.4 is 51.4 Å². The summed E-state index contributed by atoms with van der Waals surface area (Å²) in [7, 11) is -4.35. The Morgan fingerprint density at radius 3 is 0.830 bits per heavy atom. The van der Waals surface area contributed by atoms with Gasteiger partial charge in [0, 0.05) is 0 Å². The fraction of sp³-hybridized carbons (Fsp3) is 0.875. The summed E-state index contributed by atoms with van der Waals surface area (Å²) in [6.07, 6.45) is 57.9.